The molecule has 0 fully saturated rings. The molecule has 0 atom stereocenters. The number of amides is 1. The van der Waals surface area contributed by atoms with Crippen LogP contribution in [0.1, 0.15) is 15.9 Å². The number of nitrogens with zero attached hydrogens (tertiary/aromatic N) is 3. The molecule has 0 spiro atoms. The van der Waals surface area contributed by atoms with Crippen LogP contribution < -0.4 is 11.0 Å². The van der Waals surface area contributed by atoms with Gasteiger partial charge in [-0.3, -0.25) is 14.2 Å². The first-order chi connectivity index (χ1) is 16.0. The van der Waals surface area contributed by atoms with Crippen molar-refractivity contribution in [1.29, 1.82) is 0 Å². The fraction of sp³-hybridized carbons (Fsp3) is 0.0417. The molecule has 0 aliphatic carbocycles. The molecule has 4 aromatic rings. The molecule has 0 saturated heterocycles. The molecule has 33 heavy (non-hydrogen) atoms. The largest absolute Gasteiger partial charge is 0.478 e. The standard InChI is InChI=1S/C24H18N4O4S/c29-21(27-25-14-16-8-4-5-11-18(16)23(31)32)15-33-24-26-20-13-7-6-12-19(20)22(30)28(24)17-9-2-1-3-10-17/h1-14H,15H2,(H,27,29)(H,31,32)/b25-14+. The Morgan fingerprint density at radius 3 is 2.48 bits per heavy atom. The van der Waals surface area contributed by atoms with Crippen molar-refractivity contribution in [3.8, 4) is 5.69 Å². The quantitative estimate of drug-likeness (QED) is 0.190. The van der Waals surface area contributed by atoms with Crippen LogP contribution in [-0.2, 0) is 4.79 Å². The fourth-order valence-corrected chi connectivity index (χ4v) is 3.96. The molecular formula is C24H18N4O4S. The van der Waals surface area contributed by atoms with Gasteiger partial charge in [0.1, 0.15) is 0 Å². The second-order valence-corrected chi connectivity index (χ2v) is 7.80. The number of carboxylic acids is 1. The van der Waals surface area contributed by atoms with Crippen LogP contribution in [0.25, 0.3) is 16.6 Å². The number of hydrazone groups is 1. The second kappa shape index (κ2) is 9.92. The van der Waals surface area contributed by atoms with E-state index >= 15 is 0 Å². The van der Waals surface area contributed by atoms with E-state index in [4.69, 9.17) is 0 Å². The highest BCUT2D eigenvalue weighted by molar-refractivity contribution is 7.99. The number of hydrogen-bond acceptors (Lipinski definition) is 6. The minimum atomic E-state index is -1.08. The van der Waals surface area contributed by atoms with Crippen LogP contribution in [0.5, 0.6) is 0 Å². The average Bonchev–Trinajstić information content (AvgIpc) is 2.83. The van der Waals surface area contributed by atoms with E-state index in [0.717, 1.165) is 11.8 Å². The van der Waals surface area contributed by atoms with Crippen molar-refractivity contribution in [2.75, 3.05) is 5.75 Å². The van der Waals surface area contributed by atoms with E-state index in [1.165, 1.54) is 16.8 Å². The third-order valence-corrected chi connectivity index (χ3v) is 5.61. The van der Waals surface area contributed by atoms with Gasteiger partial charge in [0, 0.05) is 5.56 Å². The molecule has 4 rings (SSSR count). The Bertz CT molecular complexity index is 1420. The van der Waals surface area contributed by atoms with E-state index in [1.54, 1.807) is 54.6 Å². The molecule has 9 heteroatoms. The number of carboxylic acid groups (broad SMARTS) is 1. The van der Waals surface area contributed by atoms with E-state index < -0.39 is 11.9 Å². The molecule has 164 valence electrons. The van der Waals surface area contributed by atoms with Crippen LogP contribution in [-0.4, -0.2) is 38.5 Å². The Balaban J connectivity index is 1.54. The highest BCUT2D eigenvalue weighted by Crippen LogP contribution is 2.21. The zero-order chi connectivity index (χ0) is 23.2. The van der Waals surface area contributed by atoms with Gasteiger partial charge in [0.25, 0.3) is 11.5 Å². The van der Waals surface area contributed by atoms with Gasteiger partial charge >= 0.3 is 5.97 Å². The molecule has 8 nitrogen and oxygen atoms in total. The summed E-state index contributed by atoms with van der Waals surface area (Å²) in [7, 11) is 0. The summed E-state index contributed by atoms with van der Waals surface area (Å²) < 4.78 is 1.48. The Kier molecular flexibility index (Phi) is 6.61. The van der Waals surface area contributed by atoms with Gasteiger partial charge in [0.2, 0.25) is 0 Å². The van der Waals surface area contributed by atoms with Crippen molar-refractivity contribution in [3.63, 3.8) is 0 Å². The van der Waals surface area contributed by atoms with Crippen LogP contribution in [0.15, 0.2) is 93.9 Å². The molecule has 1 aromatic heterocycles. The van der Waals surface area contributed by atoms with Crippen molar-refractivity contribution in [2.24, 2.45) is 5.10 Å². The summed E-state index contributed by atoms with van der Waals surface area (Å²) in [6, 6.07) is 22.5. The molecule has 1 heterocycles. The maximum atomic E-state index is 13.1. The predicted octanol–water partition coefficient (Wildman–Crippen LogP) is 3.33. The molecule has 0 aliphatic heterocycles. The lowest BCUT2D eigenvalue weighted by atomic mass is 10.1. The molecule has 1 amide bonds. The summed E-state index contributed by atoms with van der Waals surface area (Å²) >= 11 is 1.11. The van der Waals surface area contributed by atoms with Crippen molar-refractivity contribution in [2.45, 2.75) is 5.16 Å². The van der Waals surface area contributed by atoms with Gasteiger partial charge in [0.15, 0.2) is 5.16 Å². The number of thioether (sulfide) groups is 1. The van der Waals surface area contributed by atoms with E-state index in [9.17, 15) is 19.5 Å². The normalized spacial score (nSPS) is 11.0. The summed E-state index contributed by atoms with van der Waals surface area (Å²) in [5.41, 5.74) is 3.79. The van der Waals surface area contributed by atoms with Crippen molar-refractivity contribution >= 4 is 40.8 Å². The number of rotatable bonds is 7. The average molecular weight is 458 g/mol. The summed E-state index contributed by atoms with van der Waals surface area (Å²) in [4.78, 5) is 41.3. The zero-order valence-electron chi connectivity index (χ0n) is 17.2. The molecule has 0 bridgehead atoms. The van der Waals surface area contributed by atoms with E-state index in [0.29, 0.717) is 27.3 Å². The topological polar surface area (TPSA) is 114 Å². The first-order valence-corrected chi connectivity index (χ1v) is 10.9. The Labute approximate surface area is 192 Å². The summed E-state index contributed by atoms with van der Waals surface area (Å²) in [5, 5.41) is 13.9. The highest BCUT2D eigenvalue weighted by Gasteiger charge is 2.14. The lowest BCUT2D eigenvalue weighted by molar-refractivity contribution is -0.118. The van der Waals surface area contributed by atoms with Crippen LogP contribution in [0.2, 0.25) is 0 Å². The summed E-state index contributed by atoms with van der Waals surface area (Å²) in [5.74, 6) is -1.55. The maximum Gasteiger partial charge on any atom is 0.336 e. The van der Waals surface area contributed by atoms with Gasteiger partial charge in [-0.05, 0) is 30.3 Å². The smallest absolute Gasteiger partial charge is 0.336 e. The van der Waals surface area contributed by atoms with Crippen LogP contribution in [0.3, 0.4) is 0 Å². The number of benzene rings is 3. The number of aromatic nitrogens is 2. The van der Waals surface area contributed by atoms with Gasteiger partial charge in [-0.25, -0.2) is 15.2 Å². The van der Waals surface area contributed by atoms with E-state index in [-0.39, 0.29) is 16.9 Å². The number of carbonyl (C=O) groups excluding carboxylic acids is 1. The zero-order valence-corrected chi connectivity index (χ0v) is 18.0. The maximum absolute atomic E-state index is 13.1. The second-order valence-electron chi connectivity index (χ2n) is 6.86. The number of fused-ring (bicyclic) bond motifs is 1. The Morgan fingerprint density at radius 2 is 1.70 bits per heavy atom. The summed E-state index contributed by atoms with van der Waals surface area (Å²) in [6.07, 6.45) is 1.28. The van der Waals surface area contributed by atoms with Gasteiger partial charge in [-0.2, -0.15) is 5.10 Å². The molecule has 0 radical (unpaired) electrons. The lowest BCUT2D eigenvalue weighted by Gasteiger charge is -2.12. The summed E-state index contributed by atoms with van der Waals surface area (Å²) in [6.45, 7) is 0. The third kappa shape index (κ3) is 4.99. The van der Waals surface area contributed by atoms with Gasteiger partial charge in [0.05, 0.1) is 34.1 Å². The molecule has 0 aliphatic rings. The van der Waals surface area contributed by atoms with E-state index in [2.05, 4.69) is 15.5 Å². The van der Waals surface area contributed by atoms with Gasteiger partial charge < -0.3 is 5.11 Å². The minimum Gasteiger partial charge on any atom is -0.478 e. The molecular weight excluding hydrogens is 440 g/mol. The van der Waals surface area contributed by atoms with Crippen molar-refractivity contribution < 1.29 is 14.7 Å². The minimum absolute atomic E-state index is 0.0461. The number of para-hydroxylation sites is 2. The van der Waals surface area contributed by atoms with E-state index in [1.807, 2.05) is 18.2 Å². The molecule has 0 unspecified atom stereocenters. The molecule has 3 aromatic carbocycles. The fourth-order valence-electron chi connectivity index (χ4n) is 3.15. The monoisotopic (exact) mass is 458 g/mol. The Morgan fingerprint density at radius 1 is 1.00 bits per heavy atom. The SMILES string of the molecule is O=C(CSc1nc2ccccc2c(=O)n1-c1ccccc1)N/N=C/c1ccccc1C(=O)O. The third-order valence-electron chi connectivity index (χ3n) is 4.68. The van der Waals surface area contributed by atoms with Crippen LogP contribution in [0.4, 0.5) is 0 Å². The molecule has 2 N–H and O–H groups in total. The predicted molar refractivity (Wildman–Crippen MR) is 127 cm³/mol. The Hall–Kier alpha value is -4.24. The number of aromatic carboxylic acids is 1. The first kappa shape index (κ1) is 22.0. The number of hydrogen-bond donors (Lipinski definition) is 2. The van der Waals surface area contributed by atoms with Crippen molar-refractivity contribution in [3.05, 3.63) is 100 Å². The highest BCUT2D eigenvalue weighted by atomic mass is 32.2. The lowest BCUT2D eigenvalue weighted by Crippen LogP contribution is -2.24. The van der Waals surface area contributed by atoms with Crippen molar-refractivity contribution in [1.82, 2.24) is 15.0 Å². The van der Waals surface area contributed by atoms with Crippen LogP contribution in [0, 0.1) is 0 Å². The number of nitrogens with one attached hydrogen (secondary N) is 1. The number of carbonyl (C=O) groups is 2. The van der Waals surface area contributed by atoms with Gasteiger partial charge in [-0.1, -0.05) is 60.3 Å². The first-order valence-electron chi connectivity index (χ1n) is 9.89. The van der Waals surface area contributed by atoms with Crippen LogP contribution >= 0.6 is 11.8 Å². The molecule has 0 saturated carbocycles. The van der Waals surface area contributed by atoms with Gasteiger partial charge in [-0.15, -0.1) is 0 Å².